The van der Waals surface area contributed by atoms with E-state index in [0.717, 1.165) is 26.5 Å². The molecule has 2 atom stereocenters. The van der Waals surface area contributed by atoms with E-state index < -0.39 is 48.2 Å². The van der Waals surface area contributed by atoms with Crippen molar-refractivity contribution in [2.45, 2.75) is 19.8 Å². The maximum Gasteiger partial charge on any atom is 0.331 e. The van der Waals surface area contributed by atoms with Crippen LogP contribution in [0, 0.1) is 11.3 Å². The van der Waals surface area contributed by atoms with Crippen LogP contribution in [0.25, 0.3) is 11.1 Å². The highest BCUT2D eigenvalue weighted by Crippen LogP contribution is 2.61. The Hall–Kier alpha value is -5.64. The van der Waals surface area contributed by atoms with Gasteiger partial charge in [-0.05, 0) is 66.3 Å². The lowest BCUT2D eigenvalue weighted by Gasteiger charge is -2.25. The summed E-state index contributed by atoms with van der Waals surface area (Å²) in [6, 6.07) is 20.1. The summed E-state index contributed by atoms with van der Waals surface area (Å²) >= 11 is 0. The number of ether oxygens (including phenoxy) is 2. The van der Waals surface area contributed by atoms with Crippen molar-refractivity contribution in [2.24, 2.45) is 11.3 Å². The van der Waals surface area contributed by atoms with Crippen LogP contribution in [0.3, 0.4) is 0 Å². The zero-order valence-corrected chi connectivity index (χ0v) is 24.3. The van der Waals surface area contributed by atoms with Gasteiger partial charge in [-0.2, -0.15) is 0 Å². The minimum atomic E-state index is -0.747. The Morgan fingerprint density at radius 2 is 1.53 bits per heavy atom. The fourth-order valence-electron chi connectivity index (χ4n) is 5.87. The standard InChI is InChI=1S/C35H28N2O8/c1-22-5-4-7-26-18-35(22,26)34(43)36(21-38)19-31(40)44-27-13-9-23(10-14-27)24-11-15-28(16-12-24)45-32(41)20-37-30(39)17-25-6-2-3-8-29(25)33(37)42/h2-16,21,26H,17-20H2,1H3. The second kappa shape index (κ2) is 11.8. The molecule has 2 aliphatic carbocycles. The Morgan fingerprint density at radius 3 is 2.16 bits per heavy atom. The van der Waals surface area contributed by atoms with E-state index in [9.17, 15) is 28.8 Å². The molecule has 45 heavy (non-hydrogen) atoms. The van der Waals surface area contributed by atoms with Crippen LogP contribution in [-0.4, -0.2) is 59.0 Å². The first-order chi connectivity index (χ1) is 21.7. The Morgan fingerprint density at radius 1 is 0.911 bits per heavy atom. The molecule has 1 heterocycles. The second-order valence-corrected chi connectivity index (χ2v) is 11.2. The molecule has 1 saturated carbocycles. The summed E-state index contributed by atoms with van der Waals surface area (Å²) in [4.78, 5) is 76.8. The van der Waals surface area contributed by atoms with Gasteiger partial charge in [-0.15, -0.1) is 0 Å². The third-order valence-electron chi connectivity index (χ3n) is 8.41. The second-order valence-electron chi connectivity index (χ2n) is 11.2. The summed E-state index contributed by atoms with van der Waals surface area (Å²) in [5.41, 5.74) is 2.72. The summed E-state index contributed by atoms with van der Waals surface area (Å²) in [5, 5.41) is 0. The van der Waals surface area contributed by atoms with E-state index in [1.165, 1.54) is 0 Å². The number of allylic oxidation sites excluding steroid dienone is 3. The Balaban J connectivity index is 1.02. The Kier molecular flexibility index (Phi) is 7.72. The number of esters is 2. The molecule has 1 fully saturated rings. The third kappa shape index (κ3) is 5.70. The lowest BCUT2D eigenvalue weighted by Crippen LogP contribution is -2.45. The number of fused-ring (bicyclic) bond motifs is 2. The highest BCUT2D eigenvalue weighted by atomic mass is 16.5. The SMILES string of the molecule is CC1=CC=CC2CC12C(=O)N(C=O)CC(=O)Oc1ccc(-c2ccc(OC(=O)CN3C(=O)Cc4ccccc4C3=O)cc2)cc1. The molecule has 0 radical (unpaired) electrons. The van der Waals surface area contributed by atoms with Gasteiger partial charge in [0.25, 0.3) is 5.91 Å². The summed E-state index contributed by atoms with van der Waals surface area (Å²) in [7, 11) is 0. The van der Waals surface area contributed by atoms with E-state index in [-0.39, 0.29) is 23.8 Å². The molecule has 3 aromatic rings. The molecule has 6 rings (SSSR count). The summed E-state index contributed by atoms with van der Waals surface area (Å²) < 4.78 is 10.7. The molecule has 0 spiro atoms. The molecule has 3 aromatic carbocycles. The molecule has 0 saturated heterocycles. The van der Waals surface area contributed by atoms with Crippen molar-refractivity contribution >= 4 is 36.1 Å². The van der Waals surface area contributed by atoms with Gasteiger partial charge in [0.1, 0.15) is 24.6 Å². The fraction of sp³-hybridized carbons (Fsp3) is 0.200. The molecule has 10 nitrogen and oxygen atoms in total. The van der Waals surface area contributed by atoms with Crippen LogP contribution in [0.1, 0.15) is 29.3 Å². The average molecular weight is 605 g/mol. The first kappa shape index (κ1) is 29.4. The van der Waals surface area contributed by atoms with E-state index >= 15 is 0 Å². The van der Waals surface area contributed by atoms with E-state index in [0.29, 0.717) is 24.0 Å². The quantitative estimate of drug-likeness (QED) is 0.156. The highest BCUT2D eigenvalue weighted by molar-refractivity contribution is 6.11. The number of amides is 4. The van der Waals surface area contributed by atoms with E-state index in [2.05, 4.69) is 0 Å². The smallest absolute Gasteiger partial charge is 0.331 e. The molecule has 3 aliphatic rings. The maximum atomic E-state index is 13.1. The van der Waals surface area contributed by atoms with Gasteiger partial charge in [-0.1, -0.05) is 66.3 Å². The van der Waals surface area contributed by atoms with Crippen molar-refractivity contribution < 1.29 is 38.2 Å². The minimum Gasteiger partial charge on any atom is -0.425 e. The van der Waals surface area contributed by atoms with Crippen molar-refractivity contribution in [3.63, 3.8) is 0 Å². The predicted octanol–water partition coefficient (Wildman–Crippen LogP) is 3.90. The van der Waals surface area contributed by atoms with Gasteiger partial charge in [0, 0.05) is 5.56 Å². The van der Waals surface area contributed by atoms with Crippen molar-refractivity contribution in [2.75, 3.05) is 13.1 Å². The van der Waals surface area contributed by atoms with Crippen LogP contribution >= 0.6 is 0 Å². The maximum absolute atomic E-state index is 13.1. The zero-order valence-electron chi connectivity index (χ0n) is 24.3. The fourth-order valence-corrected chi connectivity index (χ4v) is 5.87. The molecule has 10 heteroatoms. The van der Waals surface area contributed by atoms with Crippen molar-refractivity contribution in [3.05, 3.63) is 108 Å². The van der Waals surface area contributed by atoms with Crippen LogP contribution in [0.4, 0.5) is 0 Å². The van der Waals surface area contributed by atoms with Gasteiger partial charge in [-0.25, -0.2) is 9.59 Å². The van der Waals surface area contributed by atoms with Gasteiger partial charge in [-0.3, -0.25) is 29.0 Å². The van der Waals surface area contributed by atoms with Crippen LogP contribution < -0.4 is 9.47 Å². The molecular formula is C35H28N2O8. The number of carbonyl (C=O) groups excluding carboxylic acids is 6. The van der Waals surface area contributed by atoms with Crippen molar-refractivity contribution in [1.29, 1.82) is 0 Å². The lowest BCUT2D eigenvalue weighted by molar-refractivity contribution is -0.149. The normalized spacial score (nSPS) is 19.5. The largest absolute Gasteiger partial charge is 0.425 e. The average Bonchev–Trinajstić information content (AvgIpc) is 3.80. The van der Waals surface area contributed by atoms with Crippen molar-refractivity contribution in [1.82, 2.24) is 9.80 Å². The molecule has 226 valence electrons. The molecule has 0 N–H and O–H groups in total. The van der Waals surface area contributed by atoms with Crippen LogP contribution in [0.5, 0.6) is 11.5 Å². The van der Waals surface area contributed by atoms with E-state index in [1.807, 2.05) is 25.2 Å². The minimum absolute atomic E-state index is 0.0370. The number of rotatable bonds is 9. The van der Waals surface area contributed by atoms with Crippen LogP contribution in [0.2, 0.25) is 0 Å². The Bertz CT molecular complexity index is 1790. The van der Waals surface area contributed by atoms with Gasteiger partial charge in [0.15, 0.2) is 0 Å². The lowest BCUT2D eigenvalue weighted by atomic mass is 9.89. The molecule has 2 unspecified atom stereocenters. The predicted molar refractivity (Wildman–Crippen MR) is 161 cm³/mol. The van der Waals surface area contributed by atoms with Gasteiger partial charge in [0.05, 0.1) is 11.8 Å². The van der Waals surface area contributed by atoms with Crippen LogP contribution in [-0.2, 0) is 30.4 Å². The van der Waals surface area contributed by atoms with Gasteiger partial charge >= 0.3 is 11.9 Å². The van der Waals surface area contributed by atoms with E-state index in [4.69, 9.17) is 9.47 Å². The van der Waals surface area contributed by atoms with Gasteiger partial charge < -0.3 is 9.47 Å². The highest BCUT2D eigenvalue weighted by Gasteiger charge is 2.61. The van der Waals surface area contributed by atoms with E-state index in [1.54, 1.807) is 72.8 Å². The molecule has 0 aromatic heterocycles. The third-order valence-corrected chi connectivity index (χ3v) is 8.41. The molecular weight excluding hydrogens is 576 g/mol. The summed E-state index contributed by atoms with van der Waals surface area (Å²) in [6.45, 7) is 0.859. The number of imide groups is 2. The number of nitrogens with zero attached hydrogens (tertiary/aromatic N) is 2. The molecule has 0 bridgehead atoms. The number of benzene rings is 3. The van der Waals surface area contributed by atoms with Crippen LogP contribution in [0.15, 0.2) is 96.6 Å². The first-order valence-electron chi connectivity index (χ1n) is 14.4. The zero-order chi connectivity index (χ0) is 31.7. The first-order valence-corrected chi connectivity index (χ1v) is 14.4. The molecule has 4 amide bonds. The van der Waals surface area contributed by atoms with Crippen molar-refractivity contribution in [3.8, 4) is 22.6 Å². The monoisotopic (exact) mass is 604 g/mol. The number of hydrogen-bond donors (Lipinski definition) is 0. The Labute approximate surface area is 258 Å². The topological polar surface area (TPSA) is 127 Å². The number of carbonyl (C=O) groups is 6. The van der Waals surface area contributed by atoms with Gasteiger partial charge in [0.2, 0.25) is 18.2 Å². The summed E-state index contributed by atoms with van der Waals surface area (Å²) in [5.74, 6) is -2.35. The number of hydrogen-bond acceptors (Lipinski definition) is 8. The molecule has 1 aliphatic heterocycles. The summed E-state index contributed by atoms with van der Waals surface area (Å²) in [6.07, 6.45) is 6.72.